The van der Waals surface area contributed by atoms with Gasteiger partial charge >= 0.3 is 0 Å². The summed E-state index contributed by atoms with van der Waals surface area (Å²) in [5.41, 5.74) is 8.76. The Balaban J connectivity index is 2.46. The third-order valence-electron chi connectivity index (χ3n) is 3.56. The first kappa shape index (κ1) is 13.8. The molecule has 2 rings (SSSR count). The number of nitrogens with zero attached hydrogens (tertiary/aromatic N) is 2. The van der Waals surface area contributed by atoms with Gasteiger partial charge in [-0.15, -0.1) is 0 Å². The molecule has 102 valence electrons. The first-order chi connectivity index (χ1) is 9.06. The lowest BCUT2D eigenvalue weighted by molar-refractivity contribution is 0.542. The van der Waals surface area contributed by atoms with Gasteiger partial charge in [-0.05, 0) is 50.5 Å². The molecule has 0 saturated heterocycles. The molecule has 1 aromatic heterocycles. The zero-order chi connectivity index (χ0) is 14.0. The molecular formula is C15H22N4. The molecule has 3 N–H and O–H groups in total. The number of hydrazine groups is 1. The van der Waals surface area contributed by atoms with Gasteiger partial charge in [-0.25, -0.2) is 5.43 Å². The Hall–Kier alpha value is -1.65. The van der Waals surface area contributed by atoms with Crippen LogP contribution in [-0.2, 0) is 6.54 Å². The van der Waals surface area contributed by atoms with Crippen molar-refractivity contribution in [3.05, 3.63) is 52.3 Å². The normalized spacial score (nSPS) is 12.7. The predicted molar refractivity (Wildman–Crippen MR) is 77.7 cm³/mol. The SMILES string of the molecule is CCn1nc(C)cc1C(NN)c1ccc(C)c(C)c1. The molecule has 19 heavy (non-hydrogen) atoms. The minimum atomic E-state index is -0.0274. The third kappa shape index (κ3) is 2.69. The van der Waals surface area contributed by atoms with E-state index in [4.69, 9.17) is 5.84 Å². The van der Waals surface area contributed by atoms with Crippen molar-refractivity contribution in [1.29, 1.82) is 0 Å². The van der Waals surface area contributed by atoms with E-state index in [0.717, 1.165) is 17.9 Å². The van der Waals surface area contributed by atoms with E-state index in [9.17, 15) is 0 Å². The summed E-state index contributed by atoms with van der Waals surface area (Å²) in [6.07, 6.45) is 0. The molecule has 0 fully saturated rings. The number of aryl methyl sites for hydroxylation is 4. The van der Waals surface area contributed by atoms with E-state index >= 15 is 0 Å². The van der Waals surface area contributed by atoms with Gasteiger partial charge in [0, 0.05) is 6.54 Å². The van der Waals surface area contributed by atoms with Gasteiger partial charge in [0.25, 0.3) is 0 Å². The summed E-state index contributed by atoms with van der Waals surface area (Å²) in [6, 6.07) is 8.50. The van der Waals surface area contributed by atoms with Gasteiger partial charge in [-0.1, -0.05) is 18.2 Å². The Morgan fingerprint density at radius 1 is 1.21 bits per heavy atom. The summed E-state index contributed by atoms with van der Waals surface area (Å²) in [7, 11) is 0. The van der Waals surface area contributed by atoms with E-state index in [2.05, 4.69) is 55.6 Å². The summed E-state index contributed by atoms with van der Waals surface area (Å²) in [5, 5.41) is 4.48. The summed E-state index contributed by atoms with van der Waals surface area (Å²) < 4.78 is 2.00. The molecule has 1 atom stereocenters. The van der Waals surface area contributed by atoms with Crippen molar-refractivity contribution in [3.8, 4) is 0 Å². The number of hydrogen-bond acceptors (Lipinski definition) is 3. The van der Waals surface area contributed by atoms with Crippen LogP contribution in [0.5, 0.6) is 0 Å². The van der Waals surface area contributed by atoms with Gasteiger partial charge in [-0.3, -0.25) is 10.5 Å². The van der Waals surface area contributed by atoms with Gasteiger partial charge in [0.2, 0.25) is 0 Å². The number of nitrogens with one attached hydrogen (secondary N) is 1. The number of benzene rings is 1. The Morgan fingerprint density at radius 2 is 1.95 bits per heavy atom. The minimum absolute atomic E-state index is 0.0274. The predicted octanol–water partition coefficient (Wildman–Crippen LogP) is 2.38. The van der Waals surface area contributed by atoms with Gasteiger partial charge in [0.1, 0.15) is 0 Å². The lowest BCUT2D eigenvalue weighted by Gasteiger charge is -2.18. The van der Waals surface area contributed by atoms with E-state index in [-0.39, 0.29) is 6.04 Å². The standard InChI is InChI=1S/C15H22N4/c1-5-19-14(9-12(4)18-19)15(17-16)13-7-6-10(2)11(3)8-13/h6-9,15,17H,5,16H2,1-4H3. The largest absolute Gasteiger partial charge is 0.271 e. The lowest BCUT2D eigenvalue weighted by atomic mass is 9.99. The van der Waals surface area contributed by atoms with E-state index in [0.29, 0.717) is 0 Å². The maximum absolute atomic E-state index is 5.77. The molecule has 4 heteroatoms. The fraction of sp³-hybridized carbons (Fsp3) is 0.400. The van der Waals surface area contributed by atoms with Crippen molar-refractivity contribution in [2.24, 2.45) is 5.84 Å². The zero-order valence-electron chi connectivity index (χ0n) is 12.1. The van der Waals surface area contributed by atoms with E-state index in [1.54, 1.807) is 0 Å². The summed E-state index contributed by atoms with van der Waals surface area (Å²) in [4.78, 5) is 0. The van der Waals surface area contributed by atoms with Crippen LogP contribution in [0.25, 0.3) is 0 Å². The molecule has 0 amide bonds. The fourth-order valence-corrected chi connectivity index (χ4v) is 2.35. The molecule has 4 nitrogen and oxygen atoms in total. The highest BCUT2D eigenvalue weighted by atomic mass is 15.3. The van der Waals surface area contributed by atoms with Crippen LogP contribution >= 0.6 is 0 Å². The quantitative estimate of drug-likeness (QED) is 0.654. The van der Waals surface area contributed by atoms with Crippen LogP contribution in [0.2, 0.25) is 0 Å². The average Bonchev–Trinajstić information content (AvgIpc) is 2.76. The molecule has 0 aliphatic heterocycles. The van der Waals surface area contributed by atoms with Crippen molar-refractivity contribution in [1.82, 2.24) is 15.2 Å². The summed E-state index contributed by atoms with van der Waals surface area (Å²) in [5.74, 6) is 5.77. The number of hydrogen-bond donors (Lipinski definition) is 2. The van der Waals surface area contributed by atoms with Gasteiger partial charge in [0.15, 0.2) is 0 Å². The number of aromatic nitrogens is 2. The molecule has 0 aliphatic rings. The molecule has 1 heterocycles. The first-order valence-electron chi connectivity index (χ1n) is 6.64. The molecule has 0 bridgehead atoms. The fourth-order valence-electron chi connectivity index (χ4n) is 2.35. The van der Waals surface area contributed by atoms with Crippen LogP contribution in [0, 0.1) is 20.8 Å². The Bertz CT molecular complexity index is 572. The van der Waals surface area contributed by atoms with E-state index < -0.39 is 0 Å². The van der Waals surface area contributed by atoms with Gasteiger partial charge in [-0.2, -0.15) is 5.10 Å². The highest BCUT2D eigenvalue weighted by Gasteiger charge is 2.18. The molecule has 0 aliphatic carbocycles. The molecule has 2 aromatic rings. The zero-order valence-corrected chi connectivity index (χ0v) is 12.1. The lowest BCUT2D eigenvalue weighted by Crippen LogP contribution is -2.30. The maximum atomic E-state index is 5.77. The van der Waals surface area contributed by atoms with Crippen LogP contribution in [0.4, 0.5) is 0 Å². The Morgan fingerprint density at radius 3 is 2.53 bits per heavy atom. The molecule has 1 unspecified atom stereocenters. The van der Waals surface area contributed by atoms with Crippen LogP contribution in [0.15, 0.2) is 24.3 Å². The second-order valence-electron chi connectivity index (χ2n) is 4.97. The highest BCUT2D eigenvalue weighted by molar-refractivity contribution is 5.35. The van der Waals surface area contributed by atoms with Crippen molar-refractivity contribution < 1.29 is 0 Å². The average molecular weight is 258 g/mol. The third-order valence-corrected chi connectivity index (χ3v) is 3.56. The maximum Gasteiger partial charge on any atom is 0.0878 e. The first-order valence-corrected chi connectivity index (χ1v) is 6.64. The van der Waals surface area contributed by atoms with Crippen LogP contribution in [0.3, 0.4) is 0 Å². The van der Waals surface area contributed by atoms with Gasteiger partial charge in [0.05, 0.1) is 17.4 Å². The van der Waals surface area contributed by atoms with Crippen LogP contribution in [0.1, 0.15) is 41.0 Å². The van der Waals surface area contributed by atoms with Crippen molar-refractivity contribution in [2.45, 2.75) is 40.3 Å². The second kappa shape index (κ2) is 5.55. The summed E-state index contributed by atoms with van der Waals surface area (Å²) >= 11 is 0. The van der Waals surface area contributed by atoms with Crippen LogP contribution in [-0.4, -0.2) is 9.78 Å². The minimum Gasteiger partial charge on any atom is -0.271 e. The molecule has 0 spiro atoms. The van der Waals surface area contributed by atoms with Crippen molar-refractivity contribution in [2.75, 3.05) is 0 Å². The number of nitrogens with two attached hydrogens (primary N) is 1. The molecule has 1 aromatic carbocycles. The molecule has 0 saturated carbocycles. The second-order valence-corrected chi connectivity index (χ2v) is 4.97. The van der Waals surface area contributed by atoms with Gasteiger partial charge < -0.3 is 0 Å². The molecular weight excluding hydrogens is 236 g/mol. The smallest absolute Gasteiger partial charge is 0.0878 e. The monoisotopic (exact) mass is 258 g/mol. The number of rotatable bonds is 4. The Kier molecular flexibility index (Phi) is 4.02. The highest BCUT2D eigenvalue weighted by Crippen LogP contribution is 2.24. The molecule has 0 radical (unpaired) electrons. The summed E-state index contributed by atoms with van der Waals surface area (Å²) in [6.45, 7) is 9.17. The topological polar surface area (TPSA) is 55.9 Å². The van der Waals surface area contributed by atoms with Crippen molar-refractivity contribution in [3.63, 3.8) is 0 Å². The van der Waals surface area contributed by atoms with E-state index in [1.165, 1.54) is 16.7 Å². The van der Waals surface area contributed by atoms with Crippen molar-refractivity contribution >= 4 is 0 Å². The van der Waals surface area contributed by atoms with Crippen LogP contribution < -0.4 is 11.3 Å². The Labute approximate surface area is 114 Å². The van der Waals surface area contributed by atoms with E-state index in [1.807, 2.05) is 11.6 Å².